The summed E-state index contributed by atoms with van der Waals surface area (Å²) in [6, 6.07) is 11.3. The van der Waals surface area contributed by atoms with E-state index in [4.69, 9.17) is 16.3 Å². The van der Waals surface area contributed by atoms with Crippen molar-refractivity contribution in [2.75, 3.05) is 22.1 Å². The second-order valence-corrected chi connectivity index (χ2v) is 7.36. The van der Waals surface area contributed by atoms with E-state index in [9.17, 15) is 9.59 Å². The highest BCUT2D eigenvalue weighted by Gasteiger charge is 2.34. The molecule has 0 fully saturated rings. The Morgan fingerprint density at radius 3 is 2.74 bits per heavy atom. The quantitative estimate of drug-likeness (QED) is 0.820. The van der Waals surface area contributed by atoms with Crippen molar-refractivity contribution in [2.45, 2.75) is 32.4 Å². The van der Waals surface area contributed by atoms with Gasteiger partial charge >= 0.3 is 0 Å². The third kappa shape index (κ3) is 3.32. The number of hydrogen-bond donors (Lipinski definition) is 2. The molecule has 2 aliphatic rings. The van der Waals surface area contributed by atoms with Gasteiger partial charge in [-0.15, -0.1) is 0 Å². The summed E-state index contributed by atoms with van der Waals surface area (Å²) in [5, 5.41) is 7.03. The summed E-state index contributed by atoms with van der Waals surface area (Å²) < 4.78 is 5.58. The average Bonchev–Trinajstić information content (AvgIpc) is 2.62. The van der Waals surface area contributed by atoms with Crippen LogP contribution in [0.4, 0.5) is 17.1 Å². The Morgan fingerprint density at radius 1 is 1.30 bits per heavy atom. The van der Waals surface area contributed by atoms with Gasteiger partial charge in [-0.05, 0) is 49.7 Å². The predicted octanol–water partition coefficient (Wildman–Crippen LogP) is 3.97. The molecule has 140 valence electrons. The van der Waals surface area contributed by atoms with E-state index in [1.165, 1.54) is 0 Å². The number of ether oxygens (including phenoxy) is 1. The van der Waals surface area contributed by atoms with Gasteiger partial charge in [-0.2, -0.15) is 0 Å². The van der Waals surface area contributed by atoms with Gasteiger partial charge in [0.25, 0.3) is 5.91 Å². The number of hydrogen-bond acceptors (Lipinski definition) is 4. The summed E-state index contributed by atoms with van der Waals surface area (Å²) in [7, 11) is 0. The van der Waals surface area contributed by atoms with Crippen molar-refractivity contribution in [1.82, 2.24) is 0 Å². The molecule has 0 radical (unpaired) electrons. The Morgan fingerprint density at radius 2 is 2.04 bits per heavy atom. The summed E-state index contributed by atoms with van der Waals surface area (Å²) in [5.74, 6) is 0.391. The third-order valence-electron chi connectivity index (χ3n) is 4.94. The lowest BCUT2D eigenvalue weighted by atomic mass is 9.90. The maximum atomic E-state index is 12.3. The van der Waals surface area contributed by atoms with Crippen molar-refractivity contribution < 1.29 is 14.3 Å². The van der Waals surface area contributed by atoms with Crippen molar-refractivity contribution >= 4 is 40.5 Å². The monoisotopic (exact) mass is 385 g/mol. The highest BCUT2D eigenvalue weighted by Crippen LogP contribution is 2.44. The Bertz CT molecular complexity index is 913. The molecule has 0 saturated carbocycles. The van der Waals surface area contributed by atoms with Gasteiger partial charge in [0.1, 0.15) is 5.75 Å². The predicted molar refractivity (Wildman–Crippen MR) is 106 cm³/mol. The molecule has 2 aromatic rings. The van der Waals surface area contributed by atoms with Crippen LogP contribution in [-0.2, 0) is 9.59 Å². The van der Waals surface area contributed by atoms with E-state index >= 15 is 0 Å². The molecule has 0 spiro atoms. The van der Waals surface area contributed by atoms with Crippen molar-refractivity contribution in [3.05, 3.63) is 47.0 Å². The summed E-state index contributed by atoms with van der Waals surface area (Å²) in [6.07, 6.45) is 0.750. The van der Waals surface area contributed by atoms with Gasteiger partial charge in [-0.25, -0.2) is 0 Å². The zero-order valence-electron chi connectivity index (χ0n) is 15.1. The van der Waals surface area contributed by atoms with Gasteiger partial charge in [0.2, 0.25) is 5.91 Å². The summed E-state index contributed by atoms with van der Waals surface area (Å²) in [5.41, 5.74) is 3.30. The van der Waals surface area contributed by atoms with Gasteiger partial charge in [-0.3, -0.25) is 9.59 Å². The molecule has 0 saturated heterocycles. The number of fused-ring (bicyclic) bond motifs is 2. The fraction of sp³-hybridized carbons (Fsp3) is 0.300. The molecule has 2 aromatic carbocycles. The van der Waals surface area contributed by atoms with Crippen molar-refractivity contribution in [1.29, 1.82) is 0 Å². The van der Waals surface area contributed by atoms with Crippen LogP contribution >= 0.6 is 11.6 Å². The van der Waals surface area contributed by atoms with Crippen LogP contribution in [0, 0.1) is 0 Å². The molecule has 0 unspecified atom stereocenters. The van der Waals surface area contributed by atoms with Crippen LogP contribution in [0.3, 0.4) is 0 Å². The average molecular weight is 386 g/mol. The standard InChI is InChI=1S/C20H20ClN3O3/c1-11-7-16(22-14-5-3-13(21)4-6-14)15-8-19-17(23-20(26)10-27-19)9-18(15)24(11)12(2)25/h3-6,8-9,11,16,22H,7,10H2,1-2H3,(H,23,26)/t11-,16+/m1/s1. The molecular weight excluding hydrogens is 366 g/mol. The third-order valence-corrected chi connectivity index (χ3v) is 5.19. The molecule has 27 heavy (non-hydrogen) atoms. The smallest absolute Gasteiger partial charge is 0.262 e. The van der Waals surface area contributed by atoms with E-state index in [1.54, 1.807) is 11.8 Å². The molecule has 2 heterocycles. The van der Waals surface area contributed by atoms with E-state index in [2.05, 4.69) is 10.6 Å². The van der Waals surface area contributed by atoms with Crippen LogP contribution in [-0.4, -0.2) is 24.5 Å². The van der Waals surface area contributed by atoms with Gasteiger partial charge in [0, 0.05) is 29.2 Å². The van der Waals surface area contributed by atoms with Crippen LogP contribution in [0.2, 0.25) is 5.02 Å². The zero-order valence-corrected chi connectivity index (χ0v) is 15.8. The Kier molecular flexibility index (Phi) is 4.44. The maximum absolute atomic E-state index is 12.3. The lowest BCUT2D eigenvalue weighted by Gasteiger charge is -2.40. The Labute approximate surface area is 162 Å². The lowest BCUT2D eigenvalue weighted by Crippen LogP contribution is -2.43. The minimum Gasteiger partial charge on any atom is -0.482 e. The number of nitrogens with one attached hydrogen (secondary N) is 2. The fourth-order valence-corrected chi connectivity index (χ4v) is 3.92. The molecule has 2 atom stereocenters. The molecule has 4 rings (SSSR count). The highest BCUT2D eigenvalue weighted by atomic mass is 35.5. The molecule has 6 nitrogen and oxygen atoms in total. The van der Waals surface area contributed by atoms with Gasteiger partial charge in [0.15, 0.2) is 6.61 Å². The summed E-state index contributed by atoms with van der Waals surface area (Å²) >= 11 is 5.98. The number of carbonyl (C=O) groups excluding carboxylic acids is 2. The Hall–Kier alpha value is -2.73. The first-order valence-corrected chi connectivity index (χ1v) is 9.22. The Balaban J connectivity index is 1.77. The normalized spacial score (nSPS) is 20.9. The fourth-order valence-electron chi connectivity index (χ4n) is 3.79. The first-order chi connectivity index (χ1) is 12.9. The topological polar surface area (TPSA) is 70.7 Å². The number of anilines is 3. The van der Waals surface area contributed by atoms with Crippen molar-refractivity contribution in [3.8, 4) is 5.75 Å². The van der Waals surface area contributed by atoms with E-state index in [0.717, 1.165) is 23.4 Å². The molecule has 7 heteroatoms. The van der Waals surface area contributed by atoms with Crippen molar-refractivity contribution in [3.63, 3.8) is 0 Å². The van der Waals surface area contributed by atoms with Crippen LogP contribution in [0.15, 0.2) is 36.4 Å². The van der Waals surface area contributed by atoms with Crippen LogP contribution in [0.25, 0.3) is 0 Å². The van der Waals surface area contributed by atoms with Gasteiger partial charge < -0.3 is 20.3 Å². The first kappa shape index (κ1) is 17.7. The second kappa shape index (κ2) is 6.78. The van der Waals surface area contributed by atoms with Crippen LogP contribution in [0.5, 0.6) is 5.75 Å². The summed E-state index contributed by atoms with van der Waals surface area (Å²) in [4.78, 5) is 25.7. The number of benzene rings is 2. The molecular formula is C20H20ClN3O3. The second-order valence-electron chi connectivity index (χ2n) is 6.92. The first-order valence-electron chi connectivity index (χ1n) is 8.85. The molecule has 0 bridgehead atoms. The SMILES string of the molecule is CC(=O)N1c2cc3c(cc2[C@@H](Nc2ccc(Cl)cc2)C[C@H]1C)OCC(=O)N3. The van der Waals surface area contributed by atoms with Crippen LogP contribution in [0.1, 0.15) is 31.9 Å². The number of halogens is 1. The van der Waals surface area contributed by atoms with E-state index in [-0.39, 0.29) is 30.5 Å². The minimum absolute atomic E-state index is 0.00157. The van der Waals surface area contributed by atoms with Gasteiger partial charge in [-0.1, -0.05) is 11.6 Å². The maximum Gasteiger partial charge on any atom is 0.262 e. The lowest BCUT2D eigenvalue weighted by molar-refractivity contribution is -0.118. The van der Waals surface area contributed by atoms with E-state index in [0.29, 0.717) is 16.5 Å². The zero-order chi connectivity index (χ0) is 19.1. The largest absolute Gasteiger partial charge is 0.482 e. The highest BCUT2D eigenvalue weighted by molar-refractivity contribution is 6.30. The van der Waals surface area contributed by atoms with E-state index < -0.39 is 0 Å². The number of carbonyl (C=O) groups is 2. The molecule has 2 N–H and O–H groups in total. The summed E-state index contributed by atoms with van der Waals surface area (Å²) in [6.45, 7) is 3.57. The van der Waals surface area contributed by atoms with E-state index in [1.807, 2.05) is 43.3 Å². The molecule has 2 amide bonds. The van der Waals surface area contributed by atoms with Gasteiger partial charge in [0.05, 0.1) is 17.4 Å². The number of nitrogens with zero attached hydrogens (tertiary/aromatic N) is 1. The minimum atomic E-state index is -0.198. The van der Waals surface area contributed by atoms with Crippen LogP contribution < -0.4 is 20.3 Å². The molecule has 0 aliphatic carbocycles. The molecule has 0 aromatic heterocycles. The molecule has 2 aliphatic heterocycles. The number of amides is 2. The number of rotatable bonds is 2. The van der Waals surface area contributed by atoms with Crippen molar-refractivity contribution in [2.24, 2.45) is 0 Å².